The number of hydrogen-bond acceptors (Lipinski definition) is 5. The molecule has 31 heavy (non-hydrogen) atoms. The Bertz CT molecular complexity index is 1190. The zero-order chi connectivity index (χ0) is 22.5. The van der Waals surface area contributed by atoms with E-state index in [1.54, 1.807) is 49.4 Å². The minimum Gasteiger partial charge on any atom is -0.495 e. The number of aromatic nitrogens is 1. The van der Waals surface area contributed by atoms with E-state index in [0.29, 0.717) is 34.0 Å². The van der Waals surface area contributed by atoms with Crippen LogP contribution in [0.5, 0.6) is 5.75 Å². The second kappa shape index (κ2) is 8.99. The van der Waals surface area contributed by atoms with Crippen molar-refractivity contribution >= 4 is 45.8 Å². The summed E-state index contributed by atoms with van der Waals surface area (Å²) >= 11 is 0. The summed E-state index contributed by atoms with van der Waals surface area (Å²) in [5.41, 5.74) is 14.2. The SMILES string of the molecule is COc1cc2cc(C(=O)Nc3ccc(/C(C)=N/N=C(N)N)cc3)[nH]c2cc1NC(C)=O. The van der Waals surface area contributed by atoms with Crippen LogP contribution in [-0.4, -0.2) is 35.6 Å². The largest absolute Gasteiger partial charge is 0.495 e. The van der Waals surface area contributed by atoms with Gasteiger partial charge in [0, 0.05) is 23.5 Å². The number of ether oxygens (including phenoxy) is 1. The topological polar surface area (TPSA) is 160 Å². The summed E-state index contributed by atoms with van der Waals surface area (Å²) in [5, 5.41) is 13.9. The van der Waals surface area contributed by atoms with Crippen molar-refractivity contribution in [3.05, 3.63) is 53.7 Å². The van der Waals surface area contributed by atoms with Gasteiger partial charge in [0.25, 0.3) is 5.91 Å². The lowest BCUT2D eigenvalue weighted by atomic mass is 10.1. The first kappa shape index (κ1) is 21.4. The highest BCUT2D eigenvalue weighted by Crippen LogP contribution is 2.30. The number of carbonyl (C=O) groups is 2. The number of nitrogens with zero attached hydrogens (tertiary/aromatic N) is 2. The third-order valence-corrected chi connectivity index (χ3v) is 4.37. The number of amides is 2. The lowest BCUT2D eigenvalue weighted by molar-refractivity contribution is -0.114. The monoisotopic (exact) mass is 421 g/mol. The minimum absolute atomic E-state index is 0.122. The number of guanidine groups is 1. The zero-order valence-corrected chi connectivity index (χ0v) is 17.3. The first-order valence-electron chi connectivity index (χ1n) is 9.30. The average Bonchev–Trinajstić information content (AvgIpc) is 3.14. The van der Waals surface area contributed by atoms with Gasteiger partial charge in [-0.2, -0.15) is 5.10 Å². The van der Waals surface area contributed by atoms with Crippen molar-refractivity contribution in [2.24, 2.45) is 21.7 Å². The van der Waals surface area contributed by atoms with Gasteiger partial charge < -0.3 is 31.8 Å². The van der Waals surface area contributed by atoms with Crippen LogP contribution in [0.2, 0.25) is 0 Å². The summed E-state index contributed by atoms with van der Waals surface area (Å²) in [5.74, 6) is -0.149. The summed E-state index contributed by atoms with van der Waals surface area (Å²) in [6.45, 7) is 3.19. The molecule has 0 aliphatic carbocycles. The fourth-order valence-electron chi connectivity index (χ4n) is 2.92. The van der Waals surface area contributed by atoms with Crippen molar-refractivity contribution in [2.75, 3.05) is 17.7 Å². The van der Waals surface area contributed by atoms with E-state index in [1.165, 1.54) is 14.0 Å². The molecule has 0 radical (unpaired) electrons. The summed E-state index contributed by atoms with van der Waals surface area (Å²) in [7, 11) is 1.51. The smallest absolute Gasteiger partial charge is 0.272 e. The highest BCUT2D eigenvalue weighted by Gasteiger charge is 2.13. The van der Waals surface area contributed by atoms with Gasteiger partial charge in [0.2, 0.25) is 11.9 Å². The molecule has 2 amide bonds. The molecule has 0 aliphatic rings. The van der Waals surface area contributed by atoms with E-state index in [9.17, 15) is 9.59 Å². The molecule has 0 aliphatic heterocycles. The molecule has 0 fully saturated rings. The number of aromatic amines is 1. The summed E-state index contributed by atoms with van der Waals surface area (Å²) in [4.78, 5) is 27.1. The predicted molar refractivity (Wildman–Crippen MR) is 122 cm³/mol. The van der Waals surface area contributed by atoms with E-state index >= 15 is 0 Å². The Morgan fingerprint density at radius 1 is 1.00 bits per heavy atom. The van der Waals surface area contributed by atoms with Crippen LogP contribution in [0.4, 0.5) is 11.4 Å². The number of H-pyrrole nitrogens is 1. The summed E-state index contributed by atoms with van der Waals surface area (Å²) in [6.07, 6.45) is 0. The molecule has 10 nitrogen and oxygen atoms in total. The van der Waals surface area contributed by atoms with Gasteiger partial charge in [-0.25, -0.2) is 0 Å². The van der Waals surface area contributed by atoms with Gasteiger partial charge in [-0.15, -0.1) is 5.10 Å². The molecule has 10 heteroatoms. The van der Waals surface area contributed by atoms with Crippen molar-refractivity contribution < 1.29 is 14.3 Å². The number of carbonyl (C=O) groups excluding carboxylic acids is 2. The van der Waals surface area contributed by atoms with Gasteiger partial charge in [-0.05, 0) is 42.8 Å². The van der Waals surface area contributed by atoms with Gasteiger partial charge in [-0.1, -0.05) is 12.1 Å². The van der Waals surface area contributed by atoms with Crippen LogP contribution in [0.3, 0.4) is 0 Å². The van der Waals surface area contributed by atoms with Crippen LogP contribution in [-0.2, 0) is 4.79 Å². The molecular weight excluding hydrogens is 398 g/mol. The molecular formula is C21H23N7O3. The Kier molecular flexibility index (Phi) is 6.20. The van der Waals surface area contributed by atoms with E-state index in [4.69, 9.17) is 16.2 Å². The number of fused-ring (bicyclic) bond motifs is 1. The first-order valence-corrected chi connectivity index (χ1v) is 9.30. The van der Waals surface area contributed by atoms with Crippen LogP contribution in [0, 0.1) is 0 Å². The molecule has 0 unspecified atom stereocenters. The van der Waals surface area contributed by atoms with Crippen molar-refractivity contribution in [1.29, 1.82) is 0 Å². The van der Waals surface area contributed by atoms with Crippen molar-refractivity contribution in [3.8, 4) is 5.75 Å². The first-order chi connectivity index (χ1) is 14.8. The number of nitrogens with two attached hydrogens (primary N) is 2. The lowest BCUT2D eigenvalue weighted by Crippen LogP contribution is -2.22. The molecule has 0 saturated carbocycles. The Labute approximate surface area is 178 Å². The number of anilines is 2. The Morgan fingerprint density at radius 3 is 2.32 bits per heavy atom. The molecule has 0 bridgehead atoms. The van der Waals surface area contributed by atoms with Crippen LogP contribution in [0.1, 0.15) is 29.9 Å². The van der Waals surface area contributed by atoms with Gasteiger partial charge in [-0.3, -0.25) is 9.59 Å². The maximum atomic E-state index is 12.7. The van der Waals surface area contributed by atoms with E-state index in [-0.39, 0.29) is 17.8 Å². The average molecular weight is 421 g/mol. The van der Waals surface area contributed by atoms with Crippen molar-refractivity contribution in [2.45, 2.75) is 13.8 Å². The van der Waals surface area contributed by atoms with Gasteiger partial charge in [0.05, 0.1) is 18.5 Å². The van der Waals surface area contributed by atoms with E-state index in [2.05, 4.69) is 25.8 Å². The Balaban J connectivity index is 1.79. The molecule has 3 rings (SSSR count). The second-order valence-electron chi connectivity index (χ2n) is 6.75. The zero-order valence-electron chi connectivity index (χ0n) is 17.3. The summed E-state index contributed by atoms with van der Waals surface area (Å²) in [6, 6.07) is 12.3. The molecule has 2 aromatic carbocycles. The van der Waals surface area contributed by atoms with Crippen LogP contribution >= 0.6 is 0 Å². The molecule has 0 spiro atoms. The lowest BCUT2D eigenvalue weighted by Gasteiger charge is -2.08. The van der Waals surface area contributed by atoms with Crippen molar-refractivity contribution in [1.82, 2.24) is 4.98 Å². The standard InChI is InChI=1S/C21H23N7O3/c1-11(27-28-21(22)23)13-4-6-15(7-5-13)25-20(30)18-8-14-9-19(31-3)17(24-12(2)29)10-16(14)26-18/h4-10,26H,1-3H3,(H,24,29)(H,25,30)(H4,22,23,28)/b27-11+. The molecule has 1 heterocycles. The highest BCUT2D eigenvalue weighted by molar-refractivity contribution is 6.07. The Hall–Kier alpha value is -4.34. The molecule has 0 atom stereocenters. The normalized spacial score (nSPS) is 11.1. The number of nitrogens with one attached hydrogen (secondary N) is 3. The maximum absolute atomic E-state index is 12.7. The Morgan fingerprint density at radius 2 is 1.71 bits per heavy atom. The van der Waals surface area contributed by atoms with Crippen LogP contribution in [0.15, 0.2) is 52.7 Å². The van der Waals surface area contributed by atoms with Crippen LogP contribution in [0.25, 0.3) is 10.9 Å². The molecule has 7 N–H and O–H groups in total. The molecule has 3 aromatic rings. The third kappa shape index (κ3) is 5.18. The number of benzene rings is 2. The number of rotatable bonds is 6. The van der Waals surface area contributed by atoms with E-state index < -0.39 is 0 Å². The number of hydrogen-bond donors (Lipinski definition) is 5. The maximum Gasteiger partial charge on any atom is 0.272 e. The second-order valence-corrected chi connectivity index (χ2v) is 6.75. The third-order valence-electron chi connectivity index (χ3n) is 4.37. The molecule has 160 valence electrons. The highest BCUT2D eigenvalue weighted by atomic mass is 16.5. The fourth-order valence-corrected chi connectivity index (χ4v) is 2.92. The molecule has 1 aromatic heterocycles. The van der Waals surface area contributed by atoms with E-state index in [0.717, 1.165) is 10.9 Å². The summed E-state index contributed by atoms with van der Waals surface area (Å²) < 4.78 is 5.32. The van der Waals surface area contributed by atoms with Crippen molar-refractivity contribution in [3.63, 3.8) is 0 Å². The molecule has 0 saturated heterocycles. The minimum atomic E-state index is -0.310. The van der Waals surface area contributed by atoms with E-state index in [1.807, 2.05) is 0 Å². The predicted octanol–water partition coefficient (Wildman–Crippen LogP) is 2.38. The van der Waals surface area contributed by atoms with Gasteiger partial charge in [0.15, 0.2) is 0 Å². The van der Waals surface area contributed by atoms with Gasteiger partial charge in [0.1, 0.15) is 11.4 Å². The fraction of sp³-hybridized carbons (Fsp3) is 0.143. The number of methoxy groups -OCH3 is 1. The van der Waals surface area contributed by atoms with Crippen LogP contribution < -0.4 is 26.8 Å². The quantitative estimate of drug-likeness (QED) is 0.234. The van der Waals surface area contributed by atoms with Gasteiger partial charge >= 0.3 is 0 Å².